The minimum atomic E-state index is 0.733. The molecule has 0 unspecified atom stereocenters. The van der Waals surface area contributed by atoms with E-state index in [4.69, 9.17) is 4.74 Å². The van der Waals surface area contributed by atoms with E-state index in [1.165, 1.54) is 24.0 Å². The smallest absolute Gasteiger partial charge is 0.127 e. The van der Waals surface area contributed by atoms with Gasteiger partial charge >= 0.3 is 0 Å². The second-order valence-electron chi connectivity index (χ2n) is 6.85. The fourth-order valence-electron chi connectivity index (χ4n) is 2.98. The largest absolute Gasteiger partial charge is 0.493 e. The van der Waals surface area contributed by atoms with Crippen molar-refractivity contribution in [2.24, 2.45) is 5.92 Å². The third-order valence-corrected chi connectivity index (χ3v) is 4.56. The van der Waals surface area contributed by atoms with Gasteiger partial charge in [-0.1, -0.05) is 18.2 Å². The minimum absolute atomic E-state index is 0.733. The van der Waals surface area contributed by atoms with Crippen LogP contribution >= 0.6 is 0 Å². The van der Waals surface area contributed by atoms with Gasteiger partial charge in [0.05, 0.1) is 12.3 Å². The Morgan fingerprint density at radius 1 is 1.29 bits per heavy atom. The summed E-state index contributed by atoms with van der Waals surface area (Å²) in [5.41, 5.74) is 5.59. The summed E-state index contributed by atoms with van der Waals surface area (Å²) in [4.78, 5) is 2.19. The molecule has 0 amide bonds. The number of hydrogen-bond donors (Lipinski definition) is 1. The highest BCUT2D eigenvalue weighted by Gasteiger charge is 2.23. The van der Waals surface area contributed by atoms with Crippen molar-refractivity contribution in [3.63, 3.8) is 0 Å². The summed E-state index contributed by atoms with van der Waals surface area (Å²) < 4.78 is 6.20. The van der Waals surface area contributed by atoms with Crippen LogP contribution in [0.2, 0.25) is 0 Å². The van der Waals surface area contributed by atoms with Gasteiger partial charge in [-0.05, 0) is 55.7 Å². The fraction of sp³-hybridized carbons (Fsp3) is 0.350. The number of allylic oxidation sites excluding steroid dienone is 2. The number of nitrogens with one attached hydrogen (secondary N) is 1. The molecule has 1 aliphatic carbocycles. The highest BCUT2D eigenvalue weighted by Crippen LogP contribution is 2.35. The second kappa shape index (κ2) is 6.19. The molecule has 124 valence electrons. The average Bonchev–Trinajstić information content (AvgIpc) is 3.32. The Morgan fingerprint density at radius 2 is 2.17 bits per heavy atom. The van der Waals surface area contributed by atoms with E-state index in [1.807, 2.05) is 6.92 Å². The third-order valence-electron chi connectivity index (χ3n) is 4.56. The Hall–Kier alpha value is -2.49. The molecule has 4 rings (SSSR count). The highest BCUT2D eigenvalue weighted by molar-refractivity contribution is 5.77. The summed E-state index contributed by atoms with van der Waals surface area (Å²) in [6, 6.07) is 8.50. The zero-order chi connectivity index (χ0) is 16.5. The molecule has 1 aliphatic heterocycles. The van der Waals surface area contributed by atoms with E-state index >= 15 is 0 Å². The number of likely N-dealkylation sites (N-methyl/N-ethyl adjacent to an activating group) is 1. The first kappa shape index (κ1) is 15.1. The van der Waals surface area contributed by atoms with Crippen molar-refractivity contribution in [2.45, 2.75) is 19.8 Å². The van der Waals surface area contributed by atoms with Crippen LogP contribution in [0, 0.1) is 12.8 Å². The molecule has 1 saturated carbocycles. The predicted octanol–water partition coefficient (Wildman–Crippen LogP) is 4.02. The van der Waals surface area contributed by atoms with E-state index in [9.17, 15) is 0 Å². The van der Waals surface area contributed by atoms with Crippen LogP contribution in [0.25, 0.3) is 16.8 Å². The summed E-state index contributed by atoms with van der Waals surface area (Å²) in [5, 5.41) is 7.39. The molecule has 0 saturated heterocycles. The van der Waals surface area contributed by atoms with E-state index in [0.29, 0.717) is 0 Å². The van der Waals surface area contributed by atoms with Crippen LogP contribution in [0.15, 0.2) is 42.6 Å². The number of benzene rings is 1. The van der Waals surface area contributed by atoms with Gasteiger partial charge in [0.2, 0.25) is 0 Å². The van der Waals surface area contributed by atoms with Crippen LogP contribution in [0.3, 0.4) is 0 Å². The fourth-order valence-corrected chi connectivity index (χ4v) is 2.98. The Balaban J connectivity index is 1.68. The van der Waals surface area contributed by atoms with Crippen molar-refractivity contribution >= 4 is 5.57 Å². The summed E-state index contributed by atoms with van der Waals surface area (Å²) in [6.45, 7) is 3.73. The van der Waals surface area contributed by atoms with Gasteiger partial charge < -0.3 is 9.64 Å². The summed E-state index contributed by atoms with van der Waals surface area (Å²) >= 11 is 0. The monoisotopic (exact) mass is 321 g/mol. The molecule has 0 bridgehead atoms. The summed E-state index contributed by atoms with van der Waals surface area (Å²) in [7, 11) is 2.09. The molecule has 1 aromatic carbocycles. The van der Waals surface area contributed by atoms with Gasteiger partial charge in [-0.25, -0.2) is 0 Å². The maximum Gasteiger partial charge on any atom is 0.127 e. The van der Waals surface area contributed by atoms with Gasteiger partial charge in [0.15, 0.2) is 0 Å². The number of rotatable bonds is 5. The Labute approximate surface area is 142 Å². The van der Waals surface area contributed by atoms with E-state index in [1.54, 1.807) is 0 Å². The minimum Gasteiger partial charge on any atom is -0.493 e. The molecule has 4 nitrogen and oxygen atoms in total. The first-order valence-corrected chi connectivity index (χ1v) is 8.56. The lowest BCUT2D eigenvalue weighted by molar-refractivity contribution is 0.299. The lowest BCUT2D eigenvalue weighted by atomic mass is 9.99. The molecule has 1 N–H and O–H groups in total. The maximum atomic E-state index is 6.20. The van der Waals surface area contributed by atoms with Crippen LogP contribution in [0.1, 0.15) is 24.1 Å². The lowest BCUT2D eigenvalue weighted by Gasteiger charge is -2.22. The molecular formula is C20H23N3O. The SMILES string of the molecule is Cc1cc(-c2ccc(C3=CC=CN(C)C3)c(OCC3CC3)c2)n[nH]1. The first-order valence-electron chi connectivity index (χ1n) is 8.56. The quantitative estimate of drug-likeness (QED) is 0.904. The Bertz CT molecular complexity index is 799. The molecular weight excluding hydrogens is 298 g/mol. The number of aromatic amines is 1. The summed E-state index contributed by atoms with van der Waals surface area (Å²) in [5.74, 6) is 1.70. The van der Waals surface area contributed by atoms with Gasteiger partial charge in [-0.3, -0.25) is 5.10 Å². The van der Waals surface area contributed by atoms with Crippen molar-refractivity contribution in [1.29, 1.82) is 0 Å². The van der Waals surface area contributed by atoms with Crippen molar-refractivity contribution in [1.82, 2.24) is 15.1 Å². The second-order valence-corrected chi connectivity index (χ2v) is 6.85. The van der Waals surface area contributed by atoms with Crippen molar-refractivity contribution in [3.05, 3.63) is 53.9 Å². The van der Waals surface area contributed by atoms with E-state index < -0.39 is 0 Å². The van der Waals surface area contributed by atoms with Crippen molar-refractivity contribution in [2.75, 3.05) is 20.2 Å². The van der Waals surface area contributed by atoms with Gasteiger partial charge in [0, 0.05) is 30.4 Å². The molecule has 0 radical (unpaired) electrons. The average molecular weight is 321 g/mol. The number of aryl methyl sites for hydroxylation is 1. The van der Waals surface area contributed by atoms with E-state index in [-0.39, 0.29) is 0 Å². The normalized spacial score (nSPS) is 17.1. The summed E-state index contributed by atoms with van der Waals surface area (Å²) in [6.07, 6.45) is 8.95. The van der Waals surface area contributed by atoms with Crippen LogP contribution in [-0.4, -0.2) is 35.3 Å². The predicted molar refractivity (Wildman–Crippen MR) is 96.7 cm³/mol. The van der Waals surface area contributed by atoms with Gasteiger partial charge in [0.25, 0.3) is 0 Å². The van der Waals surface area contributed by atoms with Gasteiger partial charge in [-0.15, -0.1) is 0 Å². The van der Waals surface area contributed by atoms with Crippen LogP contribution in [0.5, 0.6) is 5.75 Å². The Morgan fingerprint density at radius 3 is 2.88 bits per heavy atom. The molecule has 0 atom stereocenters. The van der Waals surface area contributed by atoms with E-state index in [0.717, 1.165) is 41.8 Å². The standard InChI is InChI=1S/C20H23N3O/c1-14-10-19(22-21-14)16-7-8-18(17-4-3-9-23(2)12-17)20(11-16)24-13-15-5-6-15/h3-4,7-11,15H,5-6,12-13H2,1-2H3,(H,21,22). The molecule has 1 aromatic heterocycles. The molecule has 0 spiro atoms. The molecule has 2 heterocycles. The van der Waals surface area contributed by atoms with Crippen molar-refractivity contribution in [3.8, 4) is 17.0 Å². The molecule has 1 fully saturated rings. The topological polar surface area (TPSA) is 41.1 Å². The third kappa shape index (κ3) is 3.23. The number of aromatic nitrogens is 2. The number of H-pyrrole nitrogens is 1. The molecule has 24 heavy (non-hydrogen) atoms. The number of hydrogen-bond acceptors (Lipinski definition) is 3. The van der Waals surface area contributed by atoms with E-state index in [2.05, 4.69) is 64.8 Å². The van der Waals surface area contributed by atoms with Gasteiger partial charge in [0.1, 0.15) is 5.75 Å². The zero-order valence-electron chi connectivity index (χ0n) is 14.2. The maximum absolute atomic E-state index is 6.20. The van der Waals surface area contributed by atoms with Crippen molar-refractivity contribution < 1.29 is 4.74 Å². The Kier molecular flexibility index (Phi) is 3.89. The zero-order valence-corrected chi connectivity index (χ0v) is 14.2. The van der Waals surface area contributed by atoms with Crippen LogP contribution in [0.4, 0.5) is 0 Å². The lowest BCUT2D eigenvalue weighted by Crippen LogP contribution is -2.16. The van der Waals surface area contributed by atoms with Crippen LogP contribution < -0.4 is 4.74 Å². The van der Waals surface area contributed by atoms with Crippen LogP contribution in [-0.2, 0) is 0 Å². The number of nitrogens with zero attached hydrogens (tertiary/aromatic N) is 2. The molecule has 2 aromatic rings. The molecule has 2 aliphatic rings. The highest BCUT2D eigenvalue weighted by atomic mass is 16.5. The molecule has 4 heteroatoms. The van der Waals surface area contributed by atoms with Gasteiger partial charge in [-0.2, -0.15) is 5.10 Å². The number of ether oxygens (including phenoxy) is 1. The first-order chi connectivity index (χ1) is 11.7.